The van der Waals surface area contributed by atoms with E-state index in [9.17, 15) is 0 Å². The summed E-state index contributed by atoms with van der Waals surface area (Å²) in [5.41, 5.74) is 0. The molecule has 6 nitrogen and oxygen atoms in total. The van der Waals surface area contributed by atoms with Crippen molar-refractivity contribution >= 4 is 5.96 Å². The van der Waals surface area contributed by atoms with Crippen molar-refractivity contribution < 1.29 is 0 Å². The Morgan fingerprint density at radius 1 is 1.35 bits per heavy atom. The third-order valence-corrected chi connectivity index (χ3v) is 4.56. The van der Waals surface area contributed by atoms with Gasteiger partial charge in [-0.1, -0.05) is 33.1 Å². The van der Waals surface area contributed by atoms with Crippen LogP contribution in [-0.4, -0.2) is 39.4 Å². The molecule has 1 atom stereocenters. The molecule has 0 bridgehead atoms. The molecule has 1 saturated carbocycles. The normalized spacial score (nSPS) is 18.0. The van der Waals surface area contributed by atoms with E-state index in [1.807, 2.05) is 0 Å². The highest BCUT2D eigenvalue weighted by Crippen LogP contribution is 2.17. The van der Waals surface area contributed by atoms with Crippen molar-refractivity contribution in [3.05, 3.63) is 12.2 Å². The molecule has 1 aromatic rings. The van der Waals surface area contributed by atoms with E-state index in [1.165, 1.54) is 32.1 Å². The van der Waals surface area contributed by atoms with Crippen LogP contribution >= 0.6 is 0 Å². The summed E-state index contributed by atoms with van der Waals surface area (Å²) >= 11 is 0. The zero-order chi connectivity index (χ0) is 16.5. The smallest absolute Gasteiger partial charge is 0.191 e. The van der Waals surface area contributed by atoms with E-state index in [0.29, 0.717) is 12.1 Å². The van der Waals surface area contributed by atoms with Gasteiger partial charge in [-0.05, 0) is 26.2 Å². The van der Waals surface area contributed by atoms with Crippen LogP contribution in [0.4, 0.5) is 0 Å². The predicted molar refractivity (Wildman–Crippen MR) is 94.6 cm³/mol. The fraction of sp³-hybridized carbons (Fsp3) is 0.824. The SMILES string of the molecule is CCc1nncn1CCN=C(NC(C)CC)NC1CCCCC1. The van der Waals surface area contributed by atoms with Crippen molar-refractivity contribution in [2.75, 3.05) is 6.54 Å². The van der Waals surface area contributed by atoms with Crippen LogP contribution in [0.5, 0.6) is 0 Å². The quantitative estimate of drug-likeness (QED) is 0.598. The van der Waals surface area contributed by atoms with Crippen molar-refractivity contribution in [3.63, 3.8) is 0 Å². The lowest BCUT2D eigenvalue weighted by Crippen LogP contribution is -2.47. The zero-order valence-corrected chi connectivity index (χ0v) is 14.9. The van der Waals surface area contributed by atoms with E-state index < -0.39 is 0 Å². The topological polar surface area (TPSA) is 67.1 Å². The maximum atomic E-state index is 4.77. The Bertz CT molecular complexity index is 475. The molecule has 0 saturated heterocycles. The number of nitrogens with zero attached hydrogens (tertiary/aromatic N) is 4. The third-order valence-electron chi connectivity index (χ3n) is 4.56. The number of aliphatic imine (C=N–C) groups is 1. The molecule has 1 unspecified atom stereocenters. The maximum absolute atomic E-state index is 4.77. The first-order valence-corrected chi connectivity index (χ1v) is 9.17. The summed E-state index contributed by atoms with van der Waals surface area (Å²) < 4.78 is 2.09. The van der Waals surface area contributed by atoms with Gasteiger partial charge < -0.3 is 15.2 Å². The Balaban J connectivity index is 1.91. The van der Waals surface area contributed by atoms with E-state index in [0.717, 1.165) is 37.7 Å². The van der Waals surface area contributed by atoms with Gasteiger partial charge in [-0.15, -0.1) is 10.2 Å². The maximum Gasteiger partial charge on any atom is 0.191 e. The number of aryl methyl sites for hydroxylation is 1. The summed E-state index contributed by atoms with van der Waals surface area (Å²) in [6.45, 7) is 8.07. The van der Waals surface area contributed by atoms with Gasteiger partial charge in [0.25, 0.3) is 0 Å². The van der Waals surface area contributed by atoms with Crippen molar-refractivity contribution in [1.82, 2.24) is 25.4 Å². The number of rotatable bonds is 7. The van der Waals surface area contributed by atoms with Gasteiger partial charge in [-0.2, -0.15) is 0 Å². The van der Waals surface area contributed by atoms with Crippen molar-refractivity contribution in [3.8, 4) is 0 Å². The fourth-order valence-electron chi connectivity index (χ4n) is 2.92. The van der Waals surface area contributed by atoms with E-state index in [2.05, 4.69) is 46.2 Å². The highest BCUT2D eigenvalue weighted by Gasteiger charge is 2.15. The second-order valence-electron chi connectivity index (χ2n) is 6.46. The molecule has 6 heteroatoms. The fourth-order valence-corrected chi connectivity index (χ4v) is 2.92. The van der Waals surface area contributed by atoms with Gasteiger partial charge in [0.1, 0.15) is 12.2 Å². The molecule has 1 aliphatic rings. The van der Waals surface area contributed by atoms with Crippen molar-refractivity contribution in [2.24, 2.45) is 4.99 Å². The van der Waals surface area contributed by atoms with Gasteiger partial charge in [0, 0.05) is 25.0 Å². The number of aromatic nitrogens is 3. The van der Waals surface area contributed by atoms with Gasteiger partial charge in [0.2, 0.25) is 0 Å². The molecular formula is C17H32N6. The average Bonchev–Trinajstić information content (AvgIpc) is 3.03. The first-order chi connectivity index (χ1) is 11.2. The second-order valence-corrected chi connectivity index (χ2v) is 6.46. The van der Waals surface area contributed by atoms with Crippen LogP contribution in [0, 0.1) is 0 Å². The van der Waals surface area contributed by atoms with E-state index in [1.54, 1.807) is 6.33 Å². The van der Waals surface area contributed by atoms with E-state index in [4.69, 9.17) is 4.99 Å². The first-order valence-electron chi connectivity index (χ1n) is 9.17. The number of hydrogen-bond donors (Lipinski definition) is 2. The molecule has 1 fully saturated rings. The summed E-state index contributed by atoms with van der Waals surface area (Å²) in [5, 5.41) is 15.2. The minimum absolute atomic E-state index is 0.436. The van der Waals surface area contributed by atoms with Gasteiger partial charge in [-0.25, -0.2) is 0 Å². The Kier molecular flexibility index (Phi) is 7.36. The molecular weight excluding hydrogens is 288 g/mol. The van der Waals surface area contributed by atoms with Crippen molar-refractivity contribution in [2.45, 2.75) is 84.3 Å². The van der Waals surface area contributed by atoms with Crippen LogP contribution in [0.1, 0.15) is 65.1 Å². The zero-order valence-electron chi connectivity index (χ0n) is 14.9. The average molecular weight is 320 g/mol. The van der Waals surface area contributed by atoms with Gasteiger partial charge in [0.15, 0.2) is 5.96 Å². The van der Waals surface area contributed by atoms with Gasteiger partial charge >= 0.3 is 0 Å². The number of hydrogen-bond acceptors (Lipinski definition) is 3. The lowest BCUT2D eigenvalue weighted by atomic mass is 9.96. The van der Waals surface area contributed by atoms with Crippen LogP contribution in [0.15, 0.2) is 11.3 Å². The monoisotopic (exact) mass is 320 g/mol. The lowest BCUT2D eigenvalue weighted by Gasteiger charge is -2.26. The molecule has 2 N–H and O–H groups in total. The minimum Gasteiger partial charge on any atom is -0.354 e. The second kappa shape index (κ2) is 9.53. The van der Waals surface area contributed by atoms with Crippen molar-refractivity contribution in [1.29, 1.82) is 0 Å². The molecule has 0 aromatic carbocycles. The Labute approximate surface area is 140 Å². The summed E-state index contributed by atoms with van der Waals surface area (Å²) in [6.07, 6.45) is 10.3. The Morgan fingerprint density at radius 2 is 2.13 bits per heavy atom. The van der Waals surface area contributed by atoms with Crippen LogP contribution in [0.3, 0.4) is 0 Å². The molecule has 0 spiro atoms. The van der Waals surface area contributed by atoms with Crippen LogP contribution < -0.4 is 10.6 Å². The lowest BCUT2D eigenvalue weighted by molar-refractivity contribution is 0.407. The third kappa shape index (κ3) is 5.84. The summed E-state index contributed by atoms with van der Waals surface area (Å²) in [5.74, 6) is 1.98. The summed E-state index contributed by atoms with van der Waals surface area (Å²) in [4.78, 5) is 4.77. The predicted octanol–water partition coefficient (Wildman–Crippen LogP) is 2.51. The largest absolute Gasteiger partial charge is 0.354 e. The molecule has 1 heterocycles. The molecule has 23 heavy (non-hydrogen) atoms. The highest BCUT2D eigenvalue weighted by atomic mass is 15.3. The number of guanidine groups is 1. The van der Waals surface area contributed by atoms with E-state index in [-0.39, 0.29) is 0 Å². The van der Waals surface area contributed by atoms with Crippen LogP contribution in [0.25, 0.3) is 0 Å². The molecule has 1 aliphatic carbocycles. The van der Waals surface area contributed by atoms with Gasteiger partial charge in [0.05, 0.1) is 6.54 Å². The first kappa shape index (κ1) is 17.8. The molecule has 1 aromatic heterocycles. The van der Waals surface area contributed by atoms with Crippen LogP contribution in [-0.2, 0) is 13.0 Å². The summed E-state index contributed by atoms with van der Waals surface area (Å²) in [7, 11) is 0. The molecule has 0 aliphatic heterocycles. The van der Waals surface area contributed by atoms with Crippen LogP contribution in [0.2, 0.25) is 0 Å². The van der Waals surface area contributed by atoms with E-state index >= 15 is 0 Å². The summed E-state index contributed by atoms with van der Waals surface area (Å²) in [6, 6.07) is 1.01. The minimum atomic E-state index is 0.436. The Morgan fingerprint density at radius 3 is 2.83 bits per heavy atom. The molecule has 2 rings (SSSR count). The molecule has 0 amide bonds. The number of nitrogens with one attached hydrogen (secondary N) is 2. The highest BCUT2D eigenvalue weighted by molar-refractivity contribution is 5.80. The molecule has 130 valence electrons. The van der Waals surface area contributed by atoms with Gasteiger partial charge in [-0.3, -0.25) is 4.99 Å². The standard InChI is InChI=1S/C17H32N6/c1-4-14(3)20-17(21-15-9-7-6-8-10-15)18-11-12-23-13-19-22-16(23)5-2/h13-15H,4-12H2,1-3H3,(H2,18,20,21). The molecule has 0 radical (unpaired) electrons. The Hall–Kier alpha value is -1.59.